The molecule has 1 unspecified atom stereocenters. The Hall–Kier alpha value is -2.64. The van der Waals surface area contributed by atoms with Crippen LogP contribution in [0.25, 0.3) is 6.08 Å². The highest BCUT2D eigenvalue weighted by Crippen LogP contribution is 2.33. The van der Waals surface area contributed by atoms with Gasteiger partial charge in [0.25, 0.3) is 0 Å². The molecule has 0 aliphatic heterocycles. The predicted octanol–water partition coefficient (Wildman–Crippen LogP) is 4.81. The van der Waals surface area contributed by atoms with E-state index in [1.165, 1.54) is 0 Å². The molecule has 0 saturated heterocycles. The van der Waals surface area contributed by atoms with Crippen molar-refractivity contribution in [3.63, 3.8) is 0 Å². The minimum Gasteiger partial charge on any atom is -0.380 e. The second-order valence-corrected chi connectivity index (χ2v) is 5.71. The summed E-state index contributed by atoms with van der Waals surface area (Å²) in [5.74, 6) is 0. The maximum Gasteiger partial charge on any atom is 0.119 e. The van der Waals surface area contributed by atoms with Gasteiger partial charge in [-0.1, -0.05) is 97.6 Å². The van der Waals surface area contributed by atoms with Crippen LogP contribution in [0.2, 0.25) is 0 Å². The molecule has 1 N–H and O–H groups in total. The van der Waals surface area contributed by atoms with Crippen molar-refractivity contribution in [3.8, 4) is 0 Å². The van der Waals surface area contributed by atoms with Crippen LogP contribution in [0.3, 0.4) is 0 Å². The van der Waals surface area contributed by atoms with Gasteiger partial charge in [0.1, 0.15) is 5.60 Å². The minimum atomic E-state index is -1.05. The van der Waals surface area contributed by atoms with Crippen LogP contribution >= 0.6 is 0 Å². The van der Waals surface area contributed by atoms with Crippen molar-refractivity contribution in [2.45, 2.75) is 12.0 Å². The van der Waals surface area contributed by atoms with Gasteiger partial charge in [-0.25, -0.2) is 0 Å². The van der Waals surface area contributed by atoms with Crippen LogP contribution in [0.5, 0.6) is 0 Å². The molecule has 3 rings (SSSR count). The van der Waals surface area contributed by atoms with Crippen molar-refractivity contribution in [2.24, 2.45) is 0 Å². The molecule has 0 aliphatic rings. The summed E-state index contributed by atoms with van der Waals surface area (Å²) in [6, 6.07) is 27.9. The predicted molar refractivity (Wildman–Crippen MR) is 96.1 cm³/mol. The summed E-state index contributed by atoms with van der Waals surface area (Å²) in [5, 5.41) is 11.5. The first-order chi connectivity index (χ1) is 11.2. The van der Waals surface area contributed by atoms with Crippen molar-refractivity contribution in [2.75, 3.05) is 0 Å². The van der Waals surface area contributed by atoms with E-state index in [4.69, 9.17) is 0 Å². The van der Waals surface area contributed by atoms with Crippen LogP contribution in [0.4, 0.5) is 0 Å². The standard InChI is InChI=1S/C22H20O/c1-2-18-13-15-21(16-14-18)22(23,20-11-7-4-8-12-20)17-19-9-5-3-6-10-19/h2-16,23H,1,17H2. The average Bonchev–Trinajstić information content (AvgIpc) is 2.63. The first-order valence-corrected chi connectivity index (χ1v) is 7.77. The van der Waals surface area contributed by atoms with E-state index in [2.05, 4.69) is 6.58 Å². The van der Waals surface area contributed by atoms with Gasteiger partial charge in [-0.15, -0.1) is 0 Å². The van der Waals surface area contributed by atoms with E-state index in [0.29, 0.717) is 6.42 Å². The molecule has 0 heterocycles. The van der Waals surface area contributed by atoms with Gasteiger partial charge in [-0.05, 0) is 22.3 Å². The number of rotatable bonds is 5. The molecular formula is C22H20O. The first-order valence-electron chi connectivity index (χ1n) is 7.77. The largest absolute Gasteiger partial charge is 0.380 e. The Morgan fingerprint density at radius 1 is 0.739 bits per heavy atom. The molecule has 0 saturated carbocycles. The minimum absolute atomic E-state index is 0.533. The van der Waals surface area contributed by atoms with Gasteiger partial charge in [0.15, 0.2) is 0 Å². The zero-order valence-corrected chi connectivity index (χ0v) is 13.0. The molecule has 0 fully saturated rings. The fraction of sp³-hybridized carbons (Fsp3) is 0.0909. The van der Waals surface area contributed by atoms with Crippen LogP contribution < -0.4 is 0 Å². The molecule has 0 bridgehead atoms. The van der Waals surface area contributed by atoms with Crippen molar-refractivity contribution in [3.05, 3.63) is 114 Å². The molecule has 3 aromatic rings. The average molecular weight is 300 g/mol. The quantitative estimate of drug-likeness (QED) is 0.717. The van der Waals surface area contributed by atoms with E-state index < -0.39 is 5.60 Å². The van der Waals surface area contributed by atoms with Gasteiger partial charge in [0, 0.05) is 6.42 Å². The fourth-order valence-corrected chi connectivity index (χ4v) is 2.87. The Bertz CT molecular complexity index is 760. The molecule has 1 atom stereocenters. The van der Waals surface area contributed by atoms with Gasteiger partial charge in [0.2, 0.25) is 0 Å². The maximum absolute atomic E-state index is 11.5. The zero-order chi connectivity index (χ0) is 16.1. The van der Waals surface area contributed by atoms with Gasteiger partial charge in [0.05, 0.1) is 0 Å². The van der Waals surface area contributed by atoms with Gasteiger partial charge in [-0.3, -0.25) is 0 Å². The lowest BCUT2D eigenvalue weighted by Crippen LogP contribution is -2.30. The molecular weight excluding hydrogens is 280 g/mol. The van der Waals surface area contributed by atoms with Crippen LogP contribution in [0.15, 0.2) is 91.5 Å². The van der Waals surface area contributed by atoms with E-state index >= 15 is 0 Å². The molecule has 0 aliphatic carbocycles. The third kappa shape index (κ3) is 3.25. The monoisotopic (exact) mass is 300 g/mol. The lowest BCUT2D eigenvalue weighted by Gasteiger charge is -2.30. The summed E-state index contributed by atoms with van der Waals surface area (Å²) in [4.78, 5) is 0. The molecule has 1 nitrogen and oxygen atoms in total. The third-order valence-corrected chi connectivity index (χ3v) is 4.18. The molecule has 0 aromatic heterocycles. The van der Waals surface area contributed by atoms with Crippen LogP contribution in [-0.2, 0) is 12.0 Å². The van der Waals surface area contributed by atoms with Crippen molar-refractivity contribution in [1.29, 1.82) is 0 Å². The molecule has 0 radical (unpaired) electrons. The van der Waals surface area contributed by atoms with Crippen LogP contribution in [-0.4, -0.2) is 5.11 Å². The number of benzene rings is 3. The number of aliphatic hydroxyl groups is 1. The SMILES string of the molecule is C=Cc1ccc(C(O)(Cc2ccccc2)c2ccccc2)cc1. The highest BCUT2D eigenvalue weighted by atomic mass is 16.3. The van der Waals surface area contributed by atoms with E-state index in [1.807, 2.05) is 91.0 Å². The Morgan fingerprint density at radius 3 is 1.83 bits per heavy atom. The summed E-state index contributed by atoms with van der Waals surface area (Å²) in [6.45, 7) is 3.79. The second kappa shape index (κ2) is 6.64. The van der Waals surface area contributed by atoms with Crippen LogP contribution in [0, 0.1) is 0 Å². The highest BCUT2D eigenvalue weighted by molar-refractivity contribution is 5.49. The molecule has 3 aromatic carbocycles. The zero-order valence-electron chi connectivity index (χ0n) is 13.0. The third-order valence-electron chi connectivity index (χ3n) is 4.18. The Kier molecular flexibility index (Phi) is 4.40. The van der Waals surface area contributed by atoms with E-state index in [-0.39, 0.29) is 0 Å². The normalized spacial score (nSPS) is 13.3. The van der Waals surface area contributed by atoms with E-state index in [1.54, 1.807) is 0 Å². The molecule has 0 amide bonds. The smallest absolute Gasteiger partial charge is 0.119 e. The Morgan fingerprint density at radius 2 is 1.26 bits per heavy atom. The lowest BCUT2D eigenvalue weighted by molar-refractivity contribution is 0.0811. The summed E-state index contributed by atoms with van der Waals surface area (Å²) >= 11 is 0. The topological polar surface area (TPSA) is 20.2 Å². The molecule has 0 spiro atoms. The van der Waals surface area contributed by atoms with Gasteiger partial charge < -0.3 is 5.11 Å². The van der Waals surface area contributed by atoms with Crippen molar-refractivity contribution in [1.82, 2.24) is 0 Å². The van der Waals surface area contributed by atoms with Crippen molar-refractivity contribution >= 4 is 6.08 Å². The Labute approximate surface area is 137 Å². The number of hydrogen-bond donors (Lipinski definition) is 1. The van der Waals surface area contributed by atoms with Crippen LogP contribution in [0.1, 0.15) is 22.3 Å². The second-order valence-electron chi connectivity index (χ2n) is 5.71. The molecule has 114 valence electrons. The first kappa shape index (κ1) is 15.3. The van der Waals surface area contributed by atoms with E-state index in [9.17, 15) is 5.11 Å². The summed E-state index contributed by atoms with van der Waals surface area (Å²) in [7, 11) is 0. The van der Waals surface area contributed by atoms with Gasteiger partial charge in [-0.2, -0.15) is 0 Å². The lowest BCUT2D eigenvalue weighted by atomic mass is 9.81. The summed E-state index contributed by atoms with van der Waals surface area (Å²) < 4.78 is 0. The number of hydrogen-bond acceptors (Lipinski definition) is 1. The van der Waals surface area contributed by atoms with Crippen molar-refractivity contribution < 1.29 is 5.11 Å². The molecule has 1 heteroatoms. The fourth-order valence-electron chi connectivity index (χ4n) is 2.87. The van der Waals surface area contributed by atoms with E-state index in [0.717, 1.165) is 22.3 Å². The summed E-state index contributed by atoms with van der Waals surface area (Å²) in [6.07, 6.45) is 2.34. The van der Waals surface area contributed by atoms with Gasteiger partial charge >= 0.3 is 0 Å². The maximum atomic E-state index is 11.5. The summed E-state index contributed by atoms with van der Waals surface area (Å²) in [5.41, 5.74) is 2.88. The highest BCUT2D eigenvalue weighted by Gasteiger charge is 2.31. The molecule has 23 heavy (non-hydrogen) atoms. The Balaban J connectivity index is 2.07.